The van der Waals surface area contributed by atoms with Crippen LogP contribution in [0.25, 0.3) is 22.0 Å². The van der Waals surface area contributed by atoms with Crippen molar-refractivity contribution in [3.05, 3.63) is 89.7 Å². The molecule has 1 aromatic heterocycles. The third kappa shape index (κ3) is 4.56. The van der Waals surface area contributed by atoms with E-state index in [4.69, 9.17) is 5.26 Å². The largest absolute Gasteiger partial charge is 0.348 e. The summed E-state index contributed by atoms with van der Waals surface area (Å²) in [5, 5.41) is 20.0. The number of piperazine rings is 1. The topological polar surface area (TPSA) is 73.1 Å². The Morgan fingerprint density at radius 2 is 1.71 bits per heavy atom. The highest BCUT2D eigenvalue weighted by atomic mass is 19.1. The molecule has 1 aliphatic rings. The first-order valence-electron chi connectivity index (χ1n) is 11.6. The molecule has 0 radical (unpaired) electrons. The molecule has 0 unspecified atom stereocenters. The quantitative estimate of drug-likeness (QED) is 0.441. The number of fused-ring (bicyclic) bond motifs is 1. The van der Waals surface area contributed by atoms with E-state index in [1.807, 2.05) is 41.3 Å². The fraction of sp³-hybridized carbons (Fsp3) is 0.214. The van der Waals surface area contributed by atoms with Crippen LogP contribution in [0.5, 0.6) is 0 Å². The third-order valence-electron chi connectivity index (χ3n) is 6.48. The first-order chi connectivity index (χ1) is 17.0. The Balaban J connectivity index is 1.36. The van der Waals surface area contributed by atoms with E-state index in [9.17, 15) is 9.18 Å². The van der Waals surface area contributed by atoms with E-state index < -0.39 is 0 Å². The molecule has 5 rings (SSSR count). The van der Waals surface area contributed by atoms with Crippen LogP contribution in [-0.4, -0.2) is 46.7 Å². The lowest BCUT2D eigenvalue weighted by Gasteiger charge is -2.40. The van der Waals surface area contributed by atoms with Crippen molar-refractivity contribution in [2.45, 2.75) is 19.4 Å². The zero-order valence-corrected chi connectivity index (χ0v) is 19.4. The normalized spacial score (nSPS) is 15.7. The van der Waals surface area contributed by atoms with E-state index >= 15 is 0 Å². The second-order valence-corrected chi connectivity index (χ2v) is 8.79. The van der Waals surface area contributed by atoms with Gasteiger partial charge in [0.05, 0.1) is 18.1 Å². The van der Waals surface area contributed by atoms with Crippen LogP contribution in [0.4, 0.5) is 10.2 Å². The lowest BCUT2D eigenvalue weighted by atomic mass is 10.0. The standard InChI is InChI=1S/C28H24FN5O/c1-19-18-33(26(35)16-20-6-8-21(17-30)9-7-20)14-15-34(19)28-25-5-3-2-4-24(25)27(31-32-28)22-10-12-23(29)13-11-22/h2-13,19H,14-16,18H2,1H3/t19-/m0/s1. The van der Waals surface area contributed by atoms with Crippen molar-refractivity contribution in [1.29, 1.82) is 5.26 Å². The van der Waals surface area contributed by atoms with Crippen molar-refractivity contribution < 1.29 is 9.18 Å². The van der Waals surface area contributed by atoms with Gasteiger partial charge in [-0.2, -0.15) is 5.26 Å². The maximum atomic E-state index is 13.4. The van der Waals surface area contributed by atoms with E-state index in [1.165, 1.54) is 12.1 Å². The van der Waals surface area contributed by atoms with E-state index in [0.717, 1.165) is 27.7 Å². The van der Waals surface area contributed by atoms with Crippen LogP contribution in [0.3, 0.4) is 0 Å². The summed E-state index contributed by atoms with van der Waals surface area (Å²) in [7, 11) is 0. The Bertz CT molecular complexity index is 1410. The Morgan fingerprint density at radius 3 is 2.40 bits per heavy atom. The summed E-state index contributed by atoms with van der Waals surface area (Å²) >= 11 is 0. The Morgan fingerprint density at radius 1 is 1.00 bits per heavy atom. The second-order valence-electron chi connectivity index (χ2n) is 8.79. The zero-order chi connectivity index (χ0) is 24.4. The van der Waals surface area contributed by atoms with Gasteiger partial charge >= 0.3 is 0 Å². The third-order valence-corrected chi connectivity index (χ3v) is 6.48. The molecule has 2 heterocycles. The molecular formula is C28H24FN5O. The van der Waals surface area contributed by atoms with Crippen LogP contribution in [0.1, 0.15) is 18.1 Å². The number of carbonyl (C=O) groups excluding carboxylic acids is 1. The van der Waals surface area contributed by atoms with Crippen molar-refractivity contribution in [3.63, 3.8) is 0 Å². The molecule has 0 spiro atoms. The zero-order valence-electron chi connectivity index (χ0n) is 19.4. The van der Waals surface area contributed by atoms with E-state index in [0.29, 0.717) is 37.3 Å². The second kappa shape index (κ2) is 9.51. The summed E-state index contributed by atoms with van der Waals surface area (Å²) in [6.07, 6.45) is 0.313. The number of hydrogen-bond donors (Lipinski definition) is 0. The van der Waals surface area contributed by atoms with Crippen molar-refractivity contribution in [2.24, 2.45) is 0 Å². The predicted octanol–water partition coefficient (Wildman–Crippen LogP) is 4.59. The molecule has 35 heavy (non-hydrogen) atoms. The van der Waals surface area contributed by atoms with Gasteiger partial charge in [-0.15, -0.1) is 10.2 Å². The molecule has 0 saturated carbocycles. The van der Waals surface area contributed by atoms with Gasteiger partial charge in [0, 0.05) is 42.0 Å². The van der Waals surface area contributed by atoms with Crippen LogP contribution in [0, 0.1) is 17.1 Å². The Labute approximate surface area is 203 Å². The molecule has 1 fully saturated rings. The van der Waals surface area contributed by atoms with Gasteiger partial charge in [0.25, 0.3) is 0 Å². The molecular weight excluding hydrogens is 441 g/mol. The summed E-state index contributed by atoms with van der Waals surface area (Å²) < 4.78 is 13.4. The number of rotatable bonds is 4. The minimum absolute atomic E-state index is 0.0584. The molecule has 1 aliphatic heterocycles. The van der Waals surface area contributed by atoms with Crippen LogP contribution >= 0.6 is 0 Å². The summed E-state index contributed by atoms with van der Waals surface area (Å²) in [4.78, 5) is 17.0. The molecule has 0 bridgehead atoms. The maximum Gasteiger partial charge on any atom is 0.227 e. The van der Waals surface area contributed by atoms with Gasteiger partial charge < -0.3 is 9.80 Å². The minimum Gasteiger partial charge on any atom is -0.348 e. The van der Waals surface area contributed by atoms with Gasteiger partial charge in [0.2, 0.25) is 5.91 Å². The number of aromatic nitrogens is 2. The molecule has 3 aromatic carbocycles. The highest BCUT2D eigenvalue weighted by Gasteiger charge is 2.29. The minimum atomic E-state index is -0.289. The highest BCUT2D eigenvalue weighted by Crippen LogP contribution is 2.33. The first kappa shape index (κ1) is 22.5. The Hall–Kier alpha value is -4.31. The monoisotopic (exact) mass is 465 g/mol. The summed E-state index contributed by atoms with van der Waals surface area (Å²) in [5.41, 5.74) is 3.01. The van der Waals surface area contributed by atoms with Crippen molar-refractivity contribution in [2.75, 3.05) is 24.5 Å². The number of carbonyl (C=O) groups is 1. The number of halogens is 1. The first-order valence-corrected chi connectivity index (χ1v) is 11.6. The number of benzene rings is 3. The molecule has 174 valence electrons. The van der Waals surface area contributed by atoms with Gasteiger partial charge in [-0.1, -0.05) is 36.4 Å². The highest BCUT2D eigenvalue weighted by molar-refractivity contribution is 6.00. The van der Waals surface area contributed by atoms with E-state index in [2.05, 4.69) is 28.1 Å². The maximum absolute atomic E-state index is 13.4. The number of amides is 1. The summed E-state index contributed by atoms with van der Waals surface area (Å²) in [6, 6.07) is 23.6. The molecule has 7 heteroatoms. The average molecular weight is 466 g/mol. The molecule has 1 saturated heterocycles. The van der Waals surface area contributed by atoms with Gasteiger partial charge in [-0.3, -0.25) is 4.79 Å². The molecule has 4 aromatic rings. The number of nitriles is 1. The molecule has 1 amide bonds. The van der Waals surface area contributed by atoms with Gasteiger partial charge in [0.1, 0.15) is 11.5 Å². The Kier molecular flexibility index (Phi) is 6.11. The van der Waals surface area contributed by atoms with E-state index in [-0.39, 0.29) is 17.8 Å². The van der Waals surface area contributed by atoms with Gasteiger partial charge in [-0.05, 0) is 48.9 Å². The van der Waals surface area contributed by atoms with Gasteiger partial charge in [0.15, 0.2) is 5.82 Å². The fourth-order valence-electron chi connectivity index (χ4n) is 4.61. The van der Waals surface area contributed by atoms with Crippen LogP contribution in [0.15, 0.2) is 72.8 Å². The molecule has 6 nitrogen and oxygen atoms in total. The summed E-state index contributed by atoms with van der Waals surface area (Å²) in [6.45, 7) is 3.92. The van der Waals surface area contributed by atoms with Crippen molar-refractivity contribution >= 4 is 22.5 Å². The lowest BCUT2D eigenvalue weighted by Crippen LogP contribution is -2.54. The van der Waals surface area contributed by atoms with Crippen molar-refractivity contribution in [3.8, 4) is 17.3 Å². The lowest BCUT2D eigenvalue weighted by molar-refractivity contribution is -0.131. The summed E-state index contributed by atoms with van der Waals surface area (Å²) in [5.74, 6) is 0.574. The SMILES string of the molecule is C[C@H]1CN(C(=O)Cc2ccc(C#N)cc2)CCN1c1nnc(-c2ccc(F)cc2)c2ccccc12. The van der Waals surface area contributed by atoms with Crippen LogP contribution in [0.2, 0.25) is 0 Å². The van der Waals surface area contributed by atoms with Gasteiger partial charge in [-0.25, -0.2) is 4.39 Å². The predicted molar refractivity (Wildman–Crippen MR) is 133 cm³/mol. The molecule has 0 N–H and O–H groups in total. The smallest absolute Gasteiger partial charge is 0.227 e. The van der Waals surface area contributed by atoms with E-state index in [1.54, 1.807) is 24.3 Å². The number of hydrogen-bond acceptors (Lipinski definition) is 5. The van der Waals surface area contributed by atoms with Crippen molar-refractivity contribution in [1.82, 2.24) is 15.1 Å². The number of nitrogens with zero attached hydrogens (tertiary/aromatic N) is 5. The van der Waals surface area contributed by atoms with Crippen LogP contribution in [-0.2, 0) is 11.2 Å². The fourth-order valence-corrected chi connectivity index (χ4v) is 4.61. The van der Waals surface area contributed by atoms with Crippen LogP contribution < -0.4 is 4.90 Å². The molecule has 0 aliphatic carbocycles. The molecule has 1 atom stereocenters. The average Bonchev–Trinajstić information content (AvgIpc) is 2.89. The number of anilines is 1.